The average molecular weight is 329 g/mol. The number of benzene rings is 1. The highest BCUT2D eigenvalue weighted by atomic mass is 19.2. The van der Waals surface area contributed by atoms with Crippen LogP contribution < -0.4 is 0 Å². The van der Waals surface area contributed by atoms with Gasteiger partial charge in [0.15, 0.2) is 11.6 Å². The lowest BCUT2D eigenvalue weighted by Gasteiger charge is -2.29. The van der Waals surface area contributed by atoms with Crippen LogP contribution in [0.3, 0.4) is 0 Å². The number of likely N-dealkylation sites (N-methyl/N-ethyl adjacent to an activating group) is 1. The molecule has 130 valence electrons. The maximum absolute atomic E-state index is 13.3. The summed E-state index contributed by atoms with van der Waals surface area (Å²) in [5.74, 6) is -1.71. The van der Waals surface area contributed by atoms with E-state index in [2.05, 4.69) is 0 Å². The molecule has 1 N–H and O–H groups in total. The van der Waals surface area contributed by atoms with Crippen molar-refractivity contribution >= 4 is 0 Å². The lowest BCUT2D eigenvalue weighted by atomic mass is 10.1. The lowest BCUT2D eigenvalue weighted by molar-refractivity contribution is -0.0644. The zero-order valence-corrected chi connectivity index (χ0v) is 13.7. The summed E-state index contributed by atoms with van der Waals surface area (Å²) in [6, 6.07) is 3.74. The Bertz CT molecular complexity index is 495. The molecule has 0 saturated carbocycles. The molecule has 1 aromatic rings. The molecule has 0 radical (unpaired) electrons. The van der Waals surface area contributed by atoms with Gasteiger partial charge in [-0.15, -0.1) is 0 Å². The van der Waals surface area contributed by atoms with Gasteiger partial charge >= 0.3 is 0 Å². The second kappa shape index (κ2) is 8.68. The molecule has 0 amide bonds. The molecule has 6 heteroatoms. The first-order chi connectivity index (χ1) is 11.0. The number of nitrogens with zero attached hydrogens (tertiary/aromatic N) is 1. The van der Waals surface area contributed by atoms with Crippen molar-refractivity contribution in [3.8, 4) is 0 Å². The van der Waals surface area contributed by atoms with Gasteiger partial charge in [-0.2, -0.15) is 0 Å². The topological polar surface area (TPSA) is 41.9 Å². The molecule has 1 heterocycles. The molecule has 0 aliphatic carbocycles. The minimum absolute atomic E-state index is 0.136. The van der Waals surface area contributed by atoms with Crippen LogP contribution in [0.2, 0.25) is 0 Å². The van der Waals surface area contributed by atoms with E-state index in [1.54, 1.807) is 6.07 Å². The van der Waals surface area contributed by atoms with Crippen LogP contribution in [-0.4, -0.2) is 55.6 Å². The molecule has 1 aromatic carbocycles. The van der Waals surface area contributed by atoms with E-state index in [0.29, 0.717) is 25.3 Å². The Hall–Kier alpha value is -1.08. The fourth-order valence-corrected chi connectivity index (χ4v) is 2.66. The minimum Gasteiger partial charge on any atom is -0.389 e. The van der Waals surface area contributed by atoms with Crippen molar-refractivity contribution in [2.24, 2.45) is 0 Å². The number of halogens is 2. The highest BCUT2D eigenvalue weighted by molar-refractivity contribution is 5.20. The highest BCUT2D eigenvalue weighted by Gasteiger charge is 2.19. The van der Waals surface area contributed by atoms with E-state index in [0.717, 1.165) is 18.9 Å². The van der Waals surface area contributed by atoms with Crippen LogP contribution in [-0.2, 0) is 9.47 Å². The van der Waals surface area contributed by atoms with Gasteiger partial charge in [0.05, 0.1) is 18.8 Å². The van der Waals surface area contributed by atoms with Crippen LogP contribution in [0, 0.1) is 11.6 Å². The molecule has 0 bridgehead atoms. The quantitative estimate of drug-likeness (QED) is 0.835. The molecule has 4 nitrogen and oxygen atoms in total. The van der Waals surface area contributed by atoms with Crippen molar-refractivity contribution in [2.75, 3.05) is 33.4 Å². The fraction of sp³-hybridized carbons (Fsp3) is 0.647. The monoisotopic (exact) mass is 329 g/mol. The van der Waals surface area contributed by atoms with Crippen molar-refractivity contribution in [1.29, 1.82) is 0 Å². The summed E-state index contributed by atoms with van der Waals surface area (Å²) in [6.45, 7) is 3.95. The van der Waals surface area contributed by atoms with Gasteiger partial charge in [0.1, 0.15) is 0 Å². The van der Waals surface area contributed by atoms with Gasteiger partial charge in [0.2, 0.25) is 0 Å². The van der Waals surface area contributed by atoms with Gasteiger partial charge in [0.25, 0.3) is 0 Å². The molecule has 1 saturated heterocycles. The number of aliphatic hydroxyl groups excluding tert-OH is 1. The summed E-state index contributed by atoms with van der Waals surface area (Å²) >= 11 is 0. The van der Waals surface area contributed by atoms with Crippen LogP contribution in [0.4, 0.5) is 8.78 Å². The Labute approximate surface area is 136 Å². The maximum atomic E-state index is 13.3. The number of aliphatic hydroxyl groups is 1. The van der Waals surface area contributed by atoms with Gasteiger partial charge in [-0.05, 0) is 44.5 Å². The Morgan fingerprint density at radius 3 is 2.65 bits per heavy atom. The van der Waals surface area contributed by atoms with Crippen molar-refractivity contribution in [3.63, 3.8) is 0 Å². The van der Waals surface area contributed by atoms with Gasteiger partial charge in [-0.3, -0.25) is 4.90 Å². The predicted molar refractivity (Wildman–Crippen MR) is 83.2 cm³/mol. The third-order valence-electron chi connectivity index (χ3n) is 4.28. The van der Waals surface area contributed by atoms with E-state index in [9.17, 15) is 13.9 Å². The summed E-state index contributed by atoms with van der Waals surface area (Å²) in [7, 11) is 1.84. The molecular formula is C17H25F2NO3. The molecule has 0 aromatic heterocycles. The molecule has 2 unspecified atom stereocenters. The SMILES string of the molecule is CC(c1ccc(F)c(F)c1)N(C)CC(O)COC1CCOCC1. The lowest BCUT2D eigenvalue weighted by Crippen LogP contribution is -2.35. The van der Waals surface area contributed by atoms with Crippen molar-refractivity contribution in [1.82, 2.24) is 4.90 Å². The molecular weight excluding hydrogens is 304 g/mol. The summed E-state index contributed by atoms with van der Waals surface area (Å²) < 4.78 is 37.3. The van der Waals surface area contributed by atoms with Gasteiger partial charge in [0, 0.05) is 25.8 Å². The summed E-state index contributed by atoms with van der Waals surface area (Å²) in [6.07, 6.45) is 1.23. The number of rotatable bonds is 7. The van der Waals surface area contributed by atoms with Gasteiger partial charge < -0.3 is 14.6 Å². The smallest absolute Gasteiger partial charge is 0.159 e. The Balaban J connectivity index is 1.79. The molecule has 1 aliphatic heterocycles. The van der Waals surface area contributed by atoms with E-state index in [1.165, 1.54) is 6.07 Å². The first-order valence-corrected chi connectivity index (χ1v) is 8.00. The zero-order chi connectivity index (χ0) is 16.8. The van der Waals surface area contributed by atoms with E-state index < -0.39 is 17.7 Å². The molecule has 0 spiro atoms. The Kier molecular flexibility index (Phi) is 6.89. The number of hydrogen-bond donors (Lipinski definition) is 1. The van der Waals surface area contributed by atoms with Crippen LogP contribution >= 0.6 is 0 Å². The molecule has 2 atom stereocenters. The third kappa shape index (κ3) is 5.49. The fourth-order valence-electron chi connectivity index (χ4n) is 2.66. The molecule has 23 heavy (non-hydrogen) atoms. The Morgan fingerprint density at radius 2 is 2.00 bits per heavy atom. The second-order valence-electron chi connectivity index (χ2n) is 6.09. The predicted octanol–water partition coefficient (Wildman–Crippen LogP) is 2.51. The first-order valence-electron chi connectivity index (χ1n) is 8.00. The van der Waals surface area contributed by atoms with E-state index >= 15 is 0 Å². The van der Waals surface area contributed by atoms with Crippen molar-refractivity contribution in [2.45, 2.75) is 38.0 Å². The van der Waals surface area contributed by atoms with Crippen molar-refractivity contribution < 1.29 is 23.4 Å². The van der Waals surface area contributed by atoms with Gasteiger partial charge in [-0.1, -0.05) is 6.07 Å². The van der Waals surface area contributed by atoms with Crippen LogP contribution in [0.5, 0.6) is 0 Å². The minimum atomic E-state index is -0.855. The molecule has 2 rings (SSSR count). The largest absolute Gasteiger partial charge is 0.389 e. The Morgan fingerprint density at radius 1 is 1.30 bits per heavy atom. The van der Waals surface area contributed by atoms with E-state index in [1.807, 2.05) is 18.9 Å². The summed E-state index contributed by atoms with van der Waals surface area (Å²) in [5.41, 5.74) is 0.670. The molecule has 1 fully saturated rings. The summed E-state index contributed by atoms with van der Waals surface area (Å²) in [4.78, 5) is 1.89. The van der Waals surface area contributed by atoms with Crippen molar-refractivity contribution in [3.05, 3.63) is 35.4 Å². The maximum Gasteiger partial charge on any atom is 0.159 e. The van der Waals surface area contributed by atoms with Gasteiger partial charge in [-0.25, -0.2) is 8.78 Å². The average Bonchev–Trinajstić information content (AvgIpc) is 2.55. The van der Waals surface area contributed by atoms with E-state index in [-0.39, 0.29) is 18.8 Å². The van der Waals surface area contributed by atoms with E-state index in [4.69, 9.17) is 9.47 Å². The number of ether oxygens (including phenoxy) is 2. The zero-order valence-electron chi connectivity index (χ0n) is 13.7. The van der Waals surface area contributed by atoms with Crippen LogP contribution in [0.15, 0.2) is 18.2 Å². The second-order valence-corrected chi connectivity index (χ2v) is 6.09. The van der Waals surface area contributed by atoms with Crippen LogP contribution in [0.25, 0.3) is 0 Å². The first kappa shape index (κ1) is 18.3. The molecule has 1 aliphatic rings. The summed E-state index contributed by atoms with van der Waals surface area (Å²) in [5, 5.41) is 10.1. The van der Waals surface area contributed by atoms with Crippen LogP contribution in [0.1, 0.15) is 31.4 Å². The highest BCUT2D eigenvalue weighted by Crippen LogP contribution is 2.21. The third-order valence-corrected chi connectivity index (χ3v) is 4.28. The standard InChI is InChI=1S/C17H25F2NO3/c1-12(13-3-4-16(18)17(19)9-13)20(2)10-14(21)11-23-15-5-7-22-8-6-15/h3-4,9,12,14-15,21H,5-8,10-11H2,1-2H3. The number of hydrogen-bond acceptors (Lipinski definition) is 4. The normalized spacial score (nSPS) is 19.0.